The molecule has 102 valence electrons. The molecule has 19 heavy (non-hydrogen) atoms. The second kappa shape index (κ2) is 5.72. The number of aromatic nitrogens is 2. The summed E-state index contributed by atoms with van der Waals surface area (Å²) in [5, 5.41) is 9.25. The average molecular weight is 345 g/mol. The molecule has 0 aliphatic carbocycles. The summed E-state index contributed by atoms with van der Waals surface area (Å²) in [4.78, 5) is 0. The van der Waals surface area contributed by atoms with Gasteiger partial charge in [-0.05, 0) is 25.2 Å². The summed E-state index contributed by atoms with van der Waals surface area (Å²) in [6, 6.07) is 6.94. The second-order valence-electron chi connectivity index (χ2n) is 3.87. The van der Waals surface area contributed by atoms with Crippen LogP contribution in [0.4, 0.5) is 5.69 Å². The van der Waals surface area contributed by atoms with E-state index in [4.69, 9.17) is 0 Å². The predicted molar refractivity (Wildman–Crippen MR) is 76.3 cm³/mol. The van der Waals surface area contributed by atoms with Crippen LogP contribution < -0.4 is 10.0 Å². The van der Waals surface area contributed by atoms with Crippen molar-refractivity contribution < 1.29 is 8.42 Å². The van der Waals surface area contributed by atoms with Gasteiger partial charge in [-0.2, -0.15) is 13.5 Å². The van der Waals surface area contributed by atoms with Crippen molar-refractivity contribution >= 4 is 31.6 Å². The maximum Gasteiger partial charge on any atom is 0.279 e. The van der Waals surface area contributed by atoms with Crippen LogP contribution in [0.5, 0.6) is 0 Å². The Bertz CT molecular complexity index is 669. The Morgan fingerprint density at radius 3 is 2.89 bits per heavy atom. The van der Waals surface area contributed by atoms with Gasteiger partial charge in [0.25, 0.3) is 10.0 Å². The highest BCUT2D eigenvalue weighted by Crippen LogP contribution is 2.20. The molecular weight excluding hydrogens is 332 g/mol. The van der Waals surface area contributed by atoms with Crippen molar-refractivity contribution in [3.63, 3.8) is 0 Å². The maximum absolute atomic E-state index is 12.2. The van der Waals surface area contributed by atoms with E-state index in [1.54, 1.807) is 25.2 Å². The zero-order valence-electron chi connectivity index (χ0n) is 10.1. The molecule has 6 nitrogen and oxygen atoms in total. The highest BCUT2D eigenvalue weighted by molar-refractivity contribution is 9.10. The number of benzene rings is 1. The van der Waals surface area contributed by atoms with Gasteiger partial charge in [-0.15, -0.1) is 0 Å². The number of H-pyrrole nitrogens is 1. The van der Waals surface area contributed by atoms with Gasteiger partial charge in [0.2, 0.25) is 0 Å². The first-order valence-corrected chi connectivity index (χ1v) is 7.76. The highest BCUT2D eigenvalue weighted by atomic mass is 79.9. The van der Waals surface area contributed by atoms with Crippen LogP contribution in [0.2, 0.25) is 0 Å². The minimum atomic E-state index is -3.67. The van der Waals surface area contributed by atoms with Gasteiger partial charge in [-0.25, -0.2) is 0 Å². The second-order valence-corrected chi connectivity index (χ2v) is 6.41. The summed E-state index contributed by atoms with van der Waals surface area (Å²) in [5.74, 6) is 0. The third-order valence-electron chi connectivity index (χ3n) is 2.39. The van der Waals surface area contributed by atoms with E-state index in [0.29, 0.717) is 17.8 Å². The Labute approximate surface area is 119 Å². The Kier molecular flexibility index (Phi) is 4.23. The SMILES string of the molecule is CNCc1cn[nH]c1S(=O)(=O)Nc1cccc(Br)c1. The summed E-state index contributed by atoms with van der Waals surface area (Å²) < 4.78 is 27.8. The van der Waals surface area contributed by atoms with Crippen molar-refractivity contribution in [3.05, 3.63) is 40.5 Å². The summed E-state index contributed by atoms with van der Waals surface area (Å²) in [6.07, 6.45) is 1.49. The molecule has 0 atom stereocenters. The molecule has 8 heteroatoms. The van der Waals surface area contributed by atoms with E-state index in [0.717, 1.165) is 4.47 Å². The third kappa shape index (κ3) is 3.34. The Balaban J connectivity index is 2.30. The zero-order chi connectivity index (χ0) is 13.9. The molecule has 0 amide bonds. The molecule has 0 spiro atoms. The zero-order valence-corrected chi connectivity index (χ0v) is 12.5. The van der Waals surface area contributed by atoms with Crippen LogP contribution in [0.1, 0.15) is 5.56 Å². The van der Waals surface area contributed by atoms with Gasteiger partial charge < -0.3 is 5.32 Å². The van der Waals surface area contributed by atoms with Crippen LogP contribution in [0, 0.1) is 0 Å². The first-order valence-electron chi connectivity index (χ1n) is 5.48. The fourth-order valence-corrected chi connectivity index (χ4v) is 3.19. The molecule has 0 unspecified atom stereocenters. The van der Waals surface area contributed by atoms with Crippen molar-refractivity contribution in [1.29, 1.82) is 0 Å². The van der Waals surface area contributed by atoms with Gasteiger partial charge in [0.1, 0.15) is 0 Å². The van der Waals surface area contributed by atoms with Gasteiger partial charge in [0.15, 0.2) is 5.03 Å². The first-order chi connectivity index (χ1) is 9.03. The lowest BCUT2D eigenvalue weighted by Crippen LogP contribution is -2.17. The molecule has 2 rings (SSSR count). The summed E-state index contributed by atoms with van der Waals surface area (Å²) in [7, 11) is -1.93. The number of nitrogens with zero attached hydrogens (tertiary/aromatic N) is 1. The van der Waals surface area contributed by atoms with Crippen molar-refractivity contribution in [2.75, 3.05) is 11.8 Å². The number of halogens is 1. The molecule has 0 bridgehead atoms. The summed E-state index contributed by atoms with van der Waals surface area (Å²) >= 11 is 3.29. The molecule has 3 N–H and O–H groups in total. The van der Waals surface area contributed by atoms with Gasteiger partial charge >= 0.3 is 0 Å². The van der Waals surface area contributed by atoms with Crippen LogP contribution in [-0.4, -0.2) is 25.7 Å². The van der Waals surface area contributed by atoms with Gasteiger partial charge in [0, 0.05) is 22.3 Å². The summed E-state index contributed by atoms with van der Waals surface area (Å²) in [5.41, 5.74) is 1.07. The standard InChI is InChI=1S/C11H13BrN4O2S/c1-13-6-8-7-14-15-11(8)19(17,18)16-10-4-2-3-9(12)5-10/h2-5,7,13,16H,6H2,1H3,(H,14,15). The molecule has 0 aliphatic heterocycles. The molecular formula is C11H13BrN4O2S. The molecule has 1 aromatic carbocycles. The molecule has 0 radical (unpaired) electrons. The minimum Gasteiger partial charge on any atom is -0.316 e. The normalized spacial score (nSPS) is 11.5. The Morgan fingerprint density at radius 1 is 1.42 bits per heavy atom. The van der Waals surface area contributed by atoms with Gasteiger partial charge in [-0.1, -0.05) is 22.0 Å². The Morgan fingerprint density at radius 2 is 2.21 bits per heavy atom. The quantitative estimate of drug-likeness (QED) is 0.770. The van der Waals surface area contributed by atoms with Crippen molar-refractivity contribution in [3.8, 4) is 0 Å². The molecule has 0 saturated carbocycles. The number of hydrogen-bond acceptors (Lipinski definition) is 4. The number of hydrogen-bond donors (Lipinski definition) is 3. The number of nitrogens with one attached hydrogen (secondary N) is 3. The Hall–Kier alpha value is -1.38. The monoisotopic (exact) mass is 344 g/mol. The smallest absolute Gasteiger partial charge is 0.279 e. The van der Waals surface area contributed by atoms with Crippen LogP contribution in [-0.2, 0) is 16.6 Å². The first kappa shape index (κ1) is 14.0. The predicted octanol–water partition coefficient (Wildman–Crippen LogP) is 1.69. The fraction of sp³-hybridized carbons (Fsp3) is 0.182. The topological polar surface area (TPSA) is 86.9 Å². The number of sulfonamides is 1. The van der Waals surface area contributed by atoms with E-state index in [1.807, 2.05) is 6.07 Å². The average Bonchev–Trinajstić information content (AvgIpc) is 2.78. The number of anilines is 1. The van der Waals surface area contributed by atoms with Gasteiger partial charge in [-0.3, -0.25) is 9.82 Å². The summed E-state index contributed by atoms with van der Waals surface area (Å²) in [6.45, 7) is 0.422. The van der Waals surface area contributed by atoms with Crippen molar-refractivity contribution in [2.45, 2.75) is 11.6 Å². The molecule has 0 saturated heterocycles. The lowest BCUT2D eigenvalue weighted by Gasteiger charge is -2.08. The van der Waals surface area contributed by atoms with Crippen molar-refractivity contribution in [2.24, 2.45) is 0 Å². The van der Waals surface area contributed by atoms with Crippen LogP contribution >= 0.6 is 15.9 Å². The van der Waals surface area contributed by atoms with Crippen LogP contribution in [0.3, 0.4) is 0 Å². The van der Waals surface area contributed by atoms with Gasteiger partial charge in [0.05, 0.1) is 6.20 Å². The lowest BCUT2D eigenvalue weighted by atomic mass is 10.3. The largest absolute Gasteiger partial charge is 0.316 e. The van der Waals surface area contributed by atoms with E-state index in [2.05, 4.69) is 36.2 Å². The fourth-order valence-electron chi connectivity index (χ4n) is 1.61. The molecule has 1 heterocycles. The number of aromatic amines is 1. The van der Waals surface area contributed by atoms with E-state index < -0.39 is 10.0 Å². The van der Waals surface area contributed by atoms with E-state index in [9.17, 15) is 8.42 Å². The number of rotatable bonds is 5. The molecule has 0 fully saturated rings. The van der Waals surface area contributed by atoms with E-state index >= 15 is 0 Å². The van der Waals surface area contributed by atoms with E-state index in [-0.39, 0.29) is 5.03 Å². The minimum absolute atomic E-state index is 0.0711. The third-order valence-corrected chi connectivity index (χ3v) is 4.28. The van der Waals surface area contributed by atoms with E-state index in [1.165, 1.54) is 6.20 Å². The van der Waals surface area contributed by atoms with Crippen LogP contribution in [0.15, 0.2) is 40.0 Å². The highest BCUT2D eigenvalue weighted by Gasteiger charge is 2.20. The lowest BCUT2D eigenvalue weighted by molar-refractivity contribution is 0.595. The van der Waals surface area contributed by atoms with Crippen molar-refractivity contribution in [1.82, 2.24) is 15.5 Å². The van der Waals surface area contributed by atoms with Crippen LogP contribution in [0.25, 0.3) is 0 Å². The molecule has 0 aliphatic rings. The molecule has 2 aromatic rings. The maximum atomic E-state index is 12.2. The molecule has 1 aromatic heterocycles.